The number of rotatable bonds is 3. The van der Waals surface area contributed by atoms with E-state index in [2.05, 4.69) is 15.4 Å². The normalized spacial score (nSPS) is 26.1. The first kappa shape index (κ1) is 9.33. The SMILES string of the molecule is Cn1nc(CC2CCNC2)nc1C1CC1. The van der Waals surface area contributed by atoms with Gasteiger partial charge >= 0.3 is 0 Å². The second kappa shape index (κ2) is 3.59. The highest BCUT2D eigenvalue weighted by Gasteiger charge is 2.29. The van der Waals surface area contributed by atoms with E-state index in [1.807, 2.05) is 11.7 Å². The third kappa shape index (κ3) is 1.91. The van der Waals surface area contributed by atoms with E-state index >= 15 is 0 Å². The van der Waals surface area contributed by atoms with E-state index in [-0.39, 0.29) is 0 Å². The van der Waals surface area contributed by atoms with E-state index in [1.165, 1.54) is 25.1 Å². The molecule has 2 fully saturated rings. The summed E-state index contributed by atoms with van der Waals surface area (Å²) in [6.07, 6.45) is 4.93. The van der Waals surface area contributed by atoms with Crippen molar-refractivity contribution in [1.82, 2.24) is 20.1 Å². The van der Waals surface area contributed by atoms with Crippen LogP contribution >= 0.6 is 0 Å². The Bertz CT molecular complexity index is 347. The quantitative estimate of drug-likeness (QED) is 0.797. The van der Waals surface area contributed by atoms with Crippen LogP contribution in [0, 0.1) is 5.92 Å². The van der Waals surface area contributed by atoms with Crippen molar-refractivity contribution in [3.8, 4) is 0 Å². The minimum absolute atomic E-state index is 0.706. The zero-order valence-corrected chi connectivity index (χ0v) is 9.24. The lowest BCUT2D eigenvalue weighted by atomic mass is 10.1. The summed E-state index contributed by atoms with van der Waals surface area (Å²) in [6.45, 7) is 2.30. The van der Waals surface area contributed by atoms with Gasteiger partial charge in [0.15, 0.2) is 5.82 Å². The zero-order chi connectivity index (χ0) is 10.3. The molecule has 1 aliphatic heterocycles. The molecule has 1 saturated carbocycles. The summed E-state index contributed by atoms with van der Waals surface area (Å²) >= 11 is 0. The molecule has 0 aromatic carbocycles. The number of hydrogen-bond acceptors (Lipinski definition) is 3. The van der Waals surface area contributed by atoms with Crippen LogP contribution in [0.5, 0.6) is 0 Å². The molecule has 1 aromatic heterocycles. The Kier molecular flexibility index (Phi) is 2.24. The summed E-state index contributed by atoms with van der Waals surface area (Å²) in [5, 5.41) is 7.90. The molecule has 0 bridgehead atoms. The third-order valence-electron chi connectivity index (χ3n) is 3.42. The van der Waals surface area contributed by atoms with Crippen LogP contribution in [-0.4, -0.2) is 27.9 Å². The first-order valence-electron chi connectivity index (χ1n) is 5.93. The molecule has 1 aromatic rings. The highest BCUT2D eigenvalue weighted by Crippen LogP contribution is 2.38. The minimum atomic E-state index is 0.706. The average molecular weight is 206 g/mol. The van der Waals surface area contributed by atoms with Gasteiger partial charge in [0, 0.05) is 19.4 Å². The number of aryl methyl sites for hydroxylation is 1. The predicted molar refractivity (Wildman–Crippen MR) is 57.7 cm³/mol. The van der Waals surface area contributed by atoms with Crippen LogP contribution in [0.2, 0.25) is 0 Å². The van der Waals surface area contributed by atoms with Gasteiger partial charge in [0.25, 0.3) is 0 Å². The van der Waals surface area contributed by atoms with Crippen molar-refractivity contribution in [3.63, 3.8) is 0 Å². The van der Waals surface area contributed by atoms with Crippen molar-refractivity contribution < 1.29 is 0 Å². The molecule has 4 nitrogen and oxygen atoms in total. The van der Waals surface area contributed by atoms with Gasteiger partial charge in [-0.25, -0.2) is 4.98 Å². The summed E-state index contributed by atoms with van der Waals surface area (Å²) in [7, 11) is 2.02. The van der Waals surface area contributed by atoms with Gasteiger partial charge in [0.2, 0.25) is 0 Å². The summed E-state index contributed by atoms with van der Waals surface area (Å²) in [6, 6.07) is 0. The van der Waals surface area contributed by atoms with E-state index in [0.29, 0.717) is 5.92 Å². The second-order valence-corrected chi connectivity index (χ2v) is 4.85. The molecule has 1 saturated heterocycles. The molecule has 1 aliphatic carbocycles. The molecule has 0 spiro atoms. The largest absolute Gasteiger partial charge is 0.316 e. The number of nitrogens with zero attached hydrogens (tertiary/aromatic N) is 3. The minimum Gasteiger partial charge on any atom is -0.316 e. The van der Waals surface area contributed by atoms with Crippen LogP contribution in [0.1, 0.15) is 36.8 Å². The lowest BCUT2D eigenvalue weighted by Gasteiger charge is -2.02. The van der Waals surface area contributed by atoms with Crippen molar-refractivity contribution >= 4 is 0 Å². The van der Waals surface area contributed by atoms with Crippen molar-refractivity contribution in [3.05, 3.63) is 11.6 Å². The average Bonchev–Trinajstić information content (AvgIpc) is 2.81. The molecule has 1 atom stereocenters. The molecule has 82 valence electrons. The summed E-state index contributed by atoms with van der Waals surface area (Å²) in [4.78, 5) is 4.66. The first-order valence-corrected chi connectivity index (χ1v) is 5.93. The van der Waals surface area contributed by atoms with Gasteiger partial charge in [0.05, 0.1) is 0 Å². The van der Waals surface area contributed by atoms with Gasteiger partial charge < -0.3 is 5.32 Å². The Balaban J connectivity index is 1.71. The highest BCUT2D eigenvalue weighted by molar-refractivity contribution is 5.07. The Morgan fingerprint density at radius 2 is 2.27 bits per heavy atom. The van der Waals surface area contributed by atoms with E-state index in [1.54, 1.807) is 0 Å². The lowest BCUT2D eigenvalue weighted by Crippen LogP contribution is -2.11. The maximum atomic E-state index is 4.66. The fourth-order valence-electron chi connectivity index (χ4n) is 2.38. The predicted octanol–water partition coefficient (Wildman–Crippen LogP) is 0.844. The van der Waals surface area contributed by atoms with Crippen molar-refractivity contribution in [2.75, 3.05) is 13.1 Å². The van der Waals surface area contributed by atoms with Crippen molar-refractivity contribution in [1.29, 1.82) is 0 Å². The molecule has 2 aliphatic rings. The maximum Gasteiger partial charge on any atom is 0.151 e. The number of hydrogen-bond donors (Lipinski definition) is 1. The smallest absolute Gasteiger partial charge is 0.151 e. The first-order chi connectivity index (χ1) is 7.33. The van der Waals surface area contributed by atoms with Crippen LogP contribution in [-0.2, 0) is 13.5 Å². The summed E-state index contributed by atoms with van der Waals surface area (Å²) < 4.78 is 1.98. The Morgan fingerprint density at radius 3 is 2.93 bits per heavy atom. The van der Waals surface area contributed by atoms with Crippen LogP contribution in [0.3, 0.4) is 0 Å². The third-order valence-corrected chi connectivity index (χ3v) is 3.42. The molecular weight excluding hydrogens is 188 g/mol. The van der Waals surface area contributed by atoms with Crippen LogP contribution in [0.15, 0.2) is 0 Å². The fraction of sp³-hybridized carbons (Fsp3) is 0.818. The van der Waals surface area contributed by atoms with Crippen LogP contribution in [0.4, 0.5) is 0 Å². The molecule has 0 radical (unpaired) electrons. The maximum absolute atomic E-state index is 4.66. The van der Waals surface area contributed by atoms with Gasteiger partial charge in [-0.3, -0.25) is 4.68 Å². The Morgan fingerprint density at radius 1 is 1.40 bits per heavy atom. The molecule has 2 heterocycles. The van der Waals surface area contributed by atoms with Gasteiger partial charge in [-0.15, -0.1) is 0 Å². The zero-order valence-electron chi connectivity index (χ0n) is 9.24. The summed E-state index contributed by atoms with van der Waals surface area (Å²) in [5.74, 6) is 3.71. The van der Waals surface area contributed by atoms with Crippen molar-refractivity contribution in [2.24, 2.45) is 13.0 Å². The van der Waals surface area contributed by atoms with Gasteiger partial charge in [-0.1, -0.05) is 0 Å². The van der Waals surface area contributed by atoms with Gasteiger partial charge in [0.1, 0.15) is 5.82 Å². The number of aromatic nitrogens is 3. The van der Waals surface area contributed by atoms with E-state index < -0.39 is 0 Å². The fourth-order valence-corrected chi connectivity index (χ4v) is 2.38. The second-order valence-electron chi connectivity index (χ2n) is 4.85. The molecule has 1 unspecified atom stereocenters. The highest BCUT2D eigenvalue weighted by atomic mass is 15.3. The van der Waals surface area contributed by atoms with Crippen molar-refractivity contribution in [2.45, 2.75) is 31.6 Å². The van der Waals surface area contributed by atoms with Gasteiger partial charge in [-0.2, -0.15) is 5.10 Å². The van der Waals surface area contributed by atoms with Crippen LogP contribution < -0.4 is 5.32 Å². The molecule has 4 heteroatoms. The van der Waals surface area contributed by atoms with E-state index in [0.717, 1.165) is 31.3 Å². The lowest BCUT2D eigenvalue weighted by molar-refractivity contribution is 0.557. The van der Waals surface area contributed by atoms with E-state index in [4.69, 9.17) is 0 Å². The number of nitrogens with one attached hydrogen (secondary N) is 1. The van der Waals surface area contributed by atoms with Gasteiger partial charge in [-0.05, 0) is 38.3 Å². The van der Waals surface area contributed by atoms with Crippen LogP contribution in [0.25, 0.3) is 0 Å². The Hall–Kier alpha value is -0.900. The molecule has 15 heavy (non-hydrogen) atoms. The summed E-state index contributed by atoms with van der Waals surface area (Å²) in [5.41, 5.74) is 0. The molecular formula is C11H18N4. The molecule has 1 N–H and O–H groups in total. The standard InChI is InChI=1S/C11H18N4/c1-15-11(9-2-3-9)13-10(14-15)6-8-4-5-12-7-8/h8-9,12H,2-7H2,1H3. The topological polar surface area (TPSA) is 42.7 Å². The van der Waals surface area contributed by atoms with E-state index in [9.17, 15) is 0 Å². The molecule has 0 amide bonds. The monoisotopic (exact) mass is 206 g/mol. The Labute approximate surface area is 90.1 Å². The molecule has 3 rings (SSSR count).